The summed E-state index contributed by atoms with van der Waals surface area (Å²) in [6.45, 7) is 0.652. The lowest BCUT2D eigenvalue weighted by molar-refractivity contribution is 0.0779. The van der Waals surface area contributed by atoms with Crippen LogP contribution < -0.4 is 0 Å². The van der Waals surface area contributed by atoms with E-state index >= 15 is 0 Å². The monoisotopic (exact) mass is 429 g/mol. The van der Waals surface area contributed by atoms with Crippen molar-refractivity contribution in [3.63, 3.8) is 0 Å². The van der Waals surface area contributed by atoms with Crippen LogP contribution in [-0.4, -0.2) is 10.8 Å². The molecule has 0 aliphatic heterocycles. The first kappa shape index (κ1) is 15.9. The highest BCUT2D eigenvalue weighted by Gasteiger charge is 2.37. The van der Waals surface area contributed by atoms with Gasteiger partial charge in [-0.3, -0.25) is 4.79 Å². The van der Waals surface area contributed by atoms with Gasteiger partial charge in [0.2, 0.25) is 0 Å². The quantitative estimate of drug-likeness (QED) is 0.609. The van der Waals surface area contributed by atoms with E-state index in [-0.39, 0.29) is 5.91 Å². The van der Waals surface area contributed by atoms with E-state index in [4.69, 9.17) is 0 Å². The van der Waals surface area contributed by atoms with E-state index in [1.165, 1.54) is 30.5 Å². The van der Waals surface area contributed by atoms with Gasteiger partial charge in [0.25, 0.3) is 5.91 Å². The second-order valence-corrected chi connectivity index (χ2v) is 7.88. The largest absolute Gasteiger partial charge is 0.308 e. The van der Waals surface area contributed by atoms with Gasteiger partial charge >= 0.3 is 0 Å². The van der Waals surface area contributed by atoms with E-state index in [2.05, 4.69) is 40.8 Å². The van der Waals surface area contributed by atoms with E-state index < -0.39 is 0 Å². The number of benzene rings is 2. The third-order valence-corrected chi connectivity index (χ3v) is 6.08. The van der Waals surface area contributed by atoms with Gasteiger partial charge in [0.05, 0.1) is 12.1 Å². The van der Waals surface area contributed by atoms with Crippen molar-refractivity contribution in [2.45, 2.75) is 25.8 Å². The molecular weight excluding hydrogens is 409 g/mol. The Bertz CT molecular complexity index is 783. The van der Waals surface area contributed by atoms with E-state index in [0.29, 0.717) is 18.4 Å². The maximum absolute atomic E-state index is 13.3. The molecule has 2 aromatic rings. The van der Waals surface area contributed by atoms with Crippen LogP contribution in [0.5, 0.6) is 0 Å². The fourth-order valence-corrected chi connectivity index (χ4v) is 4.57. The Labute approximate surface area is 156 Å². The summed E-state index contributed by atoms with van der Waals surface area (Å²) >= 11 is 2.26. The number of amides is 1. The molecule has 1 amide bonds. The molecular formula is C21H20INO. The third-order valence-electron chi connectivity index (χ3n) is 5.14. The maximum atomic E-state index is 13.3. The molecule has 2 nitrogen and oxygen atoms in total. The van der Waals surface area contributed by atoms with Crippen molar-refractivity contribution < 1.29 is 4.79 Å². The molecule has 0 unspecified atom stereocenters. The molecule has 2 bridgehead atoms. The highest BCUT2D eigenvalue weighted by atomic mass is 127. The zero-order valence-corrected chi connectivity index (χ0v) is 15.6. The van der Waals surface area contributed by atoms with Gasteiger partial charge < -0.3 is 4.90 Å². The number of hydrogen-bond donors (Lipinski definition) is 0. The minimum atomic E-state index is 0.127. The Hall–Kier alpha value is -1.62. The summed E-state index contributed by atoms with van der Waals surface area (Å²) < 4.78 is 1.02. The first-order valence-electron chi connectivity index (χ1n) is 8.54. The lowest BCUT2D eigenvalue weighted by Crippen LogP contribution is -2.32. The van der Waals surface area contributed by atoms with Crippen LogP contribution in [0.2, 0.25) is 0 Å². The van der Waals surface area contributed by atoms with Gasteiger partial charge in [-0.1, -0.05) is 48.5 Å². The molecule has 2 atom stereocenters. The van der Waals surface area contributed by atoms with Crippen molar-refractivity contribution in [1.82, 2.24) is 4.90 Å². The molecule has 0 N–H and O–H groups in total. The van der Waals surface area contributed by atoms with Gasteiger partial charge in [0.1, 0.15) is 0 Å². The number of carbonyl (C=O) groups excluding carboxylic acids is 1. The Balaban J connectivity index is 1.69. The molecule has 24 heavy (non-hydrogen) atoms. The lowest BCUT2D eigenvalue weighted by Gasteiger charge is -2.29. The minimum absolute atomic E-state index is 0.127. The van der Waals surface area contributed by atoms with Gasteiger partial charge in [0.15, 0.2) is 0 Å². The molecule has 0 spiro atoms. The number of halogens is 1. The fraction of sp³-hybridized carbons (Fsp3) is 0.286. The van der Waals surface area contributed by atoms with Crippen molar-refractivity contribution in [1.29, 1.82) is 0 Å². The van der Waals surface area contributed by atoms with Gasteiger partial charge in [-0.2, -0.15) is 0 Å². The normalized spacial score (nSPS) is 21.6. The van der Waals surface area contributed by atoms with Gasteiger partial charge in [0, 0.05) is 9.27 Å². The van der Waals surface area contributed by atoms with Crippen LogP contribution in [0.4, 0.5) is 0 Å². The van der Waals surface area contributed by atoms with Crippen molar-refractivity contribution in [3.05, 3.63) is 81.1 Å². The Morgan fingerprint density at radius 1 is 1.04 bits per heavy atom. The average molecular weight is 429 g/mol. The number of hydrogen-bond acceptors (Lipinski definition) is 1. The Morgan fingerprint density at radius 2 is 1.79 bits per heavy atom. The van der Waals surface area contributed by atoms with E-state index in [1.54, 1.807) is 0 Å². The van der Waals surface area contributed by atoms with Crippen molar-refractivity contribution in [3.8, 4) is 0 Å². The molecule has 0 radical (unpaired) electrons. The number of fused-ring (bicyclic) bond motifs is 2. The molecule has 2 aromatic carbocycles. The highest BCUT2D eigenvalue weighted by molar-refractivity contribution is 14.1. The number of carbonyl (C=O) groups is 1. The van der Waals surface area contributed by atoms with Crippen LogP contribution in [0.15, 0.2) is 66.4 Å². The molecule has 4 rings (SSSR count). The fourth-order valence-electron chi connectivity index (χ4n) is 3.95. The van der Waals surface area contributed by atoms with Crippen molar-refractivity contribution in [2.75, 3.05) is 0 Å². The van der Waals surface area contributed by atoms with Gasteiger partial charge in [-0.05, 0) is 71.4 Å². The highest BCUT2D eigenvalue weighted by Crippen LogP contribution is 2.45. The smallest absolute Gasteiger partial charge is 0.259 e. The SMILES string of the molecule is O=C(c1ccccc1I)N(Cc1ccccc1)C1=C[C@@H]2CC[C@H]1C2. The van der Waals surface area contributed by atoms with Crippen LogP contribution in [0.25, 0.3) is 0 Å². The van der Waals surface area contributed by atoms with Crippen LogP contribution in [0.3, 0.4) is 0 Å². The predicted molar refractivity (Wildman–Crippen MR) is 104 cm³/mol. The van der Waals surface area contributed by atoms with Crippen LogP contribution in [-0.2, 0) is 6.54 Å². The summed E-state index contributed by atoms with van der Waals surface area (Å²) in [5.74, 6) is 1.36. The number of nitrogens with zero attached hydrogens (tertiary/aromatic N) is 1. The molecule has 1 fully saturated rings. The predicted octanol–water partition coefficient (Wildman–Crippen LogP) is 5.25. The van der Waals surface area contributed by atoms with Gasteiger partial charge in [-0.15, -0.1) is 0 Å². The molecule has 3 heteroatoms. The summed E-state index contributed by atoms with van der Waals surface area (Å²) in [7, 11) is 0. The van der Waals surface area contributed by atoms with Gasteiger partial charge in [-0.25, -0.2) is 0 Å². The maximum Gasteiger partial charge on any atom is 0.259 e. The van der Waals surface area contributed by atoms with E-state index in [1.807, 2.05) is 47.4 Å². The zero-order chi connectivity index (χ0) is 16.5. The van der Waals surface area contributed by atoms with Crippen LogP contribution >= 0.6 is 22.6 Å². The zero-order valence-electron chi connectivity index (χ0n) is 13.5. The molecule has 1 saturated carbocycles. The molecule has 122 valence electrons. The summed E-state index contributed by atoms with van der Waals surface area (Å²) in [5, 5.41) is 0. The average Bonchev–Trinajstić information content (AvgIpc) is 3.24. The molecule has 2 aliphatic rings. The van der Waals surface area contributed by atoms with Crippen LogP contribution in [0, 0.1) is 15.4 Å². The second kappa shape index (κ2) is 6.71. The standard InChI is InChI=1S/C21H20INO/c22-19-9-5-4-8-18(19)21(24)23(14-15-6-2-1-3-7-15)20-13-16-10-11-17(20)12-16/h1-9,13,16-17H,10-12,14H2/t16-,17+/m1/s1. The minimum Gasteiger partial charge on any atom is -0.308 e. The summed E-state index contributed by atoms with van der Waals surface area (Å²) in [6.07, 6.45) is 6.08. The van der Waals surface area contributed by atoms with E-state index in [9.17, 15) is 4.79 Å². The second-order valence-electron chi connectivity index (χ2n) is 6.72. The van der Waals surface area contributed by atoms with Crippen LogP contribution in [0.1, 0.15) is 35.2 Å². The Morgan fingerprint density at radius 3 is 2.46 bits per heavy atom. The summed E-state index contributed by atoms with van der Waals surface area (Å²) in [4.78, 5) is 15.3. The third kappa shape index (κ3) is 3.02. The molecule has 2 aliphatic carbocycles. The first-order chi connectivity index (χ1) is 11.7. The van der Waals surface area contributed by atoms with E-state index in [0.717, 1.165) is 9.13 Å². The summed E-state index contributed by atoms with van der Waals surface area (Å²) in [6, 6.07) is 18.2. The van der Waals surface area contributed by atoms with Crippen molar-refractivity contribution >= 4 is 28.5 Å². The number of allylic oxidation sites excluding steroid dienone is 2. The first-order valence-corrected chi connectivity index (χ1v) is 9.62. The number of rotatable bonds is 4. The molecule has 0 aromatic heterocycles. The summed E-state index contributed by atoms with van der Waals surface area (Å²) in [5.41, 5.74) is 3.23. The Kier molecular flexibility index (Phi) is 4.44. The molecule has 0 saturated heterocycles. The lowest BCUT2D eigenvalue weighted by atomic mass is 10.0. The molecule has 0 heterocycles. The van der Waals surface area contributed by atoms with Crippen molar-refractivity contribution in [2.24, 2.45) is 11.8 Å². The topological polar surface area (TPSA) is 20.3 Å².